The number of pyridine rings is 1. The second kappa shape index (κ2) is 5.81. The summed E-state index contributed by atoms with van der Waals surface area (Å²) < 4.78 is 6.82. The van der Waals surface area contributed by atoms with Crippen molar-refractivity contribution >= 4 is 38.4 Å². The van der Waals surface area contributed by atoms with Crippen LogP contribution in [0.3, 0.4) is 0 Å². The van der Waals surface area contributed by atoms with E-state index in [-0.39, 0.29) is 0 Å². The van der Waals surface area contributed by atoms with Crippen LogP contribution in [0.5, 0.6) is 5.75 Å². The van der Waals surface area contributed by atoms with E-state index in [0.717, 1.165) is 26.7 Å². The molecule has 0 atom stereocenters. The van der Waals surface area contributed by atoms with Gasteiger partial charge in [-0.05, 0) is 24.3 Å². The zero-order valence-electron chi connectivity index (χ0n) is 10.5. The molecule has 2 nitrogen and oxygen atoms in total. The predicted octanol–water partition coefficient (Wildman–Crippen LogP) is 5.23. The Labute approximate surface area is 130 Å². The Morgan fingerprint density at radius 3 is 2.80 bits per heavy atom. The second-order valence-corrected chi connectivity index (χ2v) is 5.68. The predicted molar refractivity (Wildman–Crippen MR) is 85.2 cm³/mol. The third-order valence-corrected chi connectivity index (χ3v) is 3.84. The molecule has 0 aliphatic rings. The van der Waals surface area contributed by atoms with Crippen LogP contribution in [-0.2, 0) is 6.61 Å². The highest BCUT2D eigenvalue weighted by atomic mass is 79.9. The molecule has 0 aliphatic carbocycles. The van der Waals surface area contributed by atoms with E-state index in [1.807, 2.05) is 48.5 Å². The van der Waals surface area contributed by atoms with Gasteiger partial charge in [0.2, 0.25) is 0 Å². The van der Waals surface area contributed by atoms with Crippen LogP contribution in [0.25, 0.3) is 10.9 Å². The number of halogens is 2. The molecule has 20 heavy (non-hydrogen) atoms. The number of ether oxygens (including phenoxy) is 1. The van der Waals surface area contributed by atoms with Crippen molar-refractivity contribution < 1.29 is 4.74 Å². The molecule has 3 rings (SSSR count). The number of aromatic nitrogens is 1. The van der Waals surface area contributed by atoms with E-state index >= 15 is 0 Å². The van der Waals surface area contributed by atoms with Crippen LogP contribution in [0, 0.1) is 0 Å². The molecule has 0 fully saturated rings. The van der Waals surface area contributed by atoms with E-state index < -0.39 is 0 Å². The molecule has 100 valence electrons. The van der Waals surface area contributed by atoms with Crippen molar-refractivity contribution in [2.24, 2.45) is 0 Å². The van der Waals surface area contributed by atoms with Crippen molar-refractivity contribution in [1.29, 1.82) is 0 Å². The number of hydrogen-bond donors (Lipinski definition) is 0. The lowest BCUT2D eigenvalue weighted by Crippen LogP contribution is -1.97. The van der Waals surface area contributed by atoms with Gasteiger partial charge in [-0.25, -0.2) is 0 Å². The van der Waals surface area contributed by atoms with Crippen LogP contribution >= 0.6 is 27.5 Å². The standard InChI is InChI=1S/C16H11BrClNO/c17-13-7-6-12(14(18)9-13)10-20-15-5-1-3-11-4-2-8-19-16(11)15/h1-9H,10H2. The van der Waals surface area contributed by atoms with Crippen molar-refractivity contribution in [1.82, 2.24) is 4.98 Å². The molecule has 1 aromatic heterocycles. The Morgan fingerprint density at radius 1 is 1.10 bits per heavy atom. The molecule has 0 amide bonds. The van der Waals surface area contributed by atoms with Gasteiger partial charge in [0.15, 0.2) is 0 Å². The van der Waals surface area contributed by atoms with Gasteiger partial charge in [-0.15, -0.1) is 0 Å². The van der Waals surface area contributed by atoms with Gasteiger partial charge in [0.1, 0.15) is 17.9 Å². The Hall–Kier alpha value is -1.58. The minimum Gasteiger partial charge on any atom is -0.487 e. The molecular formula is C16H11BrClNO. The van der Waals surface area contributed by atoms with Gasteiger partial charge >= 0.3 is 0 Å². The van der Waals surface area contributed by atoms with Crippen LogP contribution in [0.4, 0.5) is 0 Å². The second-order valence-electron chi connectivity index (χ2n) is 4.36. The monoisotopic (exact) mass is 347 g/mol. The summed E-state index contributed by atoms with van der Waals surface area (Å²) in [4.78, 5) is 4.36. The van der Waals surface area contributed by atoms with Crippen LogP contribution in [-0.4, -0.2) is 4.98 Å². The van der Waals surface area contributed by atoms with Gasteiger partial charge in [0.05, 0.1) is 0 Å². The molecule has 0 unspecified atom stereocenters. The summed E-state index contributed by atoms with van der Waals surface area (Å²) in [5.74, 6) is 0.766. The van der Waals surface area contributed by atoms with Crippen LogP contribution in [0.15, 0.2) is 59.2 Å². The van der Waals surface area contributed by atoms with Crippen molar-refractivity contribution in [3.8, 4) is 5.75 Å². The SMILES string of the molecule is Clc1cc(Br)ccc1COc1cccc2cccnc12. The molecule has 0 aliphatic heterocycles. The Balaban J connectivity index is 1.87. The smallest absolute Gasteiger partial charge is 0.146 e. The fourth-order valence-corrected chi connectivity index (χ4v) is 2.71. The first-order valence-electron chi connectivity index (χ1n) is 6.14. The summed E-state index contributed by atoms with van der Waals surface area (Å²) in [5.41, 5.74) is 1.81. The fraction of sp³-hybridized carbons (Fsp3) is 0.0625. The van der Waals surface area contributed by atoms with E-state index in [0.29, 0.717) is 11.6 Å². The van der Waals surface area contributed by atoms with Gasteiger partial charge in [-0.1, -0.05) is 51.8 Å². The van der Waals surface area contributed by atoms with Gasteiger partial charge in [-0.2, -0.15) is 0 Å². The molecule has 4 heteroatoms. The average molecular weight is 349 g/mol. The molecule has 0 spiro atoms. The first-order chi connectivity index (χ1) is 9.74. The Morgan fingerprint density at radius 2 is 1.95 bits per heavy atom. The minimum atomic E-state index is 0.418. The highest BCUT2D eigenvalue weighted by molar-refractivity contribution is 9.10. The lowest BCUT2D eigenvalue weighted by atomic mass is 10.2. The maximum Gasteiger partial charge on any atom is 0.146 e. The number of rotatable bonds is 3. The lowest BCUT2D eigenvalue weighted by Gasteiger charge is -2.10. The van der Waals surface area contributed by atoms with E-state index in [4.69, 9.17) is 16.3 Å². The fourth-order valence-electron chi connectivity index (χ4n) is 1.99. The maximum atomic E-state index is 6.19. The molecule has 0 saturated heterocycles. The third-order valence-electron chi connectivity index (χ3n) is 2.99. The van der Waals surface area contributed by atoms with E-state index in [2.05, 4.69) is 20.9 Å². The molecule has 1 heterocycles. The lowest BCUT2D eigenvalue weighted by molar-refractivity contribution is 0.309. The van der Waals surface area contributed by atoms with E-state index in [1.54, 1.807) is 6.20 Å². The first kappa shape index (κ1) is 13.4. The van der Waals surface area contributed by atoms with Gasteiger partial charge in [0.25, 0.3) is 0 Å². The van der Waals surface area contributed by atoms with E-state index in [9.17, 15) is 0 Å². The number of hydrogen-bond acceptors (Lipinski definition) is 2. The molecule has 0 N–H and O–H groups in total. The summed E-state index contributed by atoms with van der Waals surface area (Å²) in [5, 5.41) is 1.75. The van der Waals surface area contributed by atoms with E-state index in [1.165, 1.54) is 0 Å². The summed E-state index contributed by atoms with van der Waals surface area (Å²) in [6.45, 7) is 0.418. The number of para-hydroxylation sites is 1. The molecular weight excluding hydrogens is 338 g/mol. The molecule has 0 saturated carbocycles. The average Bonchev–Trinajstić information content (AvgIpc) is 2.46. The van der Waals surface area contributed by atoms with Crippen LogP contribution in [0.1, 0.15) is 5.56 Å². The summed E-state index contributed by atoms with van der Waals surface area (Å²) in [6.07, 6.45) is 1.77. The zero-order valence-corrected chi connectivity index (χ0v) is 12.9. The third kappa shape index (κ3) is 2.79. The van der Waals surface area contributed by atoms with Crippen LogP contribution < -0.4 is 4.74 Å². The van der Waals surface area contributed by atoms with Crippen LogP contribution in [0.2, 0.25) is 5.02 Å². The molecule has 2 aromatic carbocycles. The van der Waals surface area contributed by atoms with Crippen molar-refractivity contribution in [2.75, 3.05) is 0 Å². The van der Waals surface area contributed by atoms with Crippen molar-refractivity contribution in [2.45, 2.75) is 6.61 Å². The van der Waals surface area contributed by atoms with Crippen molar-refractivity contribution in [3.05, 3.63) is 69.8 Å². The highest BCUT2D eigenvalue weighted by Crippen LogP contribution is 2.26. The topological polar surface area (TPSA) is 22.1 Å². The maximum absolute atomic E-state index is 6.19. The van der Waals surface area contributed by atoms with Gasteiger partial charge in [-0.3, -0.25) is 4.98 Å². The molecule has 0 bridgehead atoms. The number of nitrogens with zero attached hydrogens (tertiary/aromatic N) is 1. The molecule has 0 radical (unpaired) electrons. The summed E-state index contributed by atoms with van der Waals surface area (Å²) >= 11 is 9.58. The largest absolute Gasteiger partial charge is 0.487 e. The molecule has 3 aromatic rings. The van der Waals surface area contributed by atoms with Crippen molar-refractivity contribution in [3.63, 3.8) is 0 Å². The Kier molecular flexibility index (Phi) is 3.90. The normalized spacial score (nSPS) is 10.7. The first-order valence-corrected chi connectivity index (χ1v) is 7.31. The number of fused-ring (bicyclic) bond motifs is 1. The van der Waals surface area contributed by atoms with Gasteiger partial charge in [0, 0.05) is 26.6 Å². The number of benzene rings is 2. The summed E-state index contributed by atoms with van der Waals surface area (Å²) in [6, 6.07) is 15.6. The quantitative estimate of drug-likeness (QED) is 0.646. The highest BCUT2D eigenvalue weighted by Gasteiger charge is 2.05. The van der Waals surface area contributed by atoms with Gasteiger partial charge < -0.3 is 4.74 Å². The summed E-state index contributed by atoms with van der Waals surface area (Å²) in [7, 11) is 0. The minimum absolute atomic E-state index is 0.418. The Bertz CT molecular complexity index is 755. The zero-order chi connectivity index (χ0) is 13.9.